The molecule has 0 saturated heterocycles. The molecule has 0 heterocycles. The van der Waals surface area contributed by atoms with Crippen LogP contribution in [0.1, 0.15) is 24.9 Å². The lowest BCUT2D eigenvalue weighted by Crippen LogP contribution is -2.39. The molecule has 0 aliphatic carbocycles. The van der Waals surface area contributed by atoms with Gasteiger partial charge in [0.25, 0.3) is 0 Å². The highest BCUT2D eigenvalue weighted by Gasteiger charge is 2.14. The van der Waals surface area contributed by atoms with Crippen LogP contribution in [0.25, 0.3) is 0 Å². The number of aliphatic hydroxyl groups is 1. The predicted octanol–water partition coefficient (Wildman–Crippen LogP) is 1.64. The maximum atomic E-state index is 11.6. The number of carbonyl (C=O) groups is 2. The highest BCUT2D eigenvalue weighted by atomic mass is 79.9. The van der Waals surface area contributed by atoms with Crippen molar-refractivity contribution >= 4 is 27.9 Å². The largest absolute Gasteiger partial charge is 0.479 e. The van der Waals surface area contributed by atoms with Gasteiger partial charge in [-0.05, 0) is 24.6 Å². The Balaban J connectivity index is 2.37. The molecule has 7 heteroatoms. The van der Waals surface area contributed by atoms with Gasteiger partial charge in [0, 0.05) is 17.4 Å². The van der Waals surface area contributed by atoms with Gasteiger partial charge >= 0.3 is 12.0 Å². The van der Waals surface area contributed by atoms with E-state index in [1.807, 2.05) is 31.2 Å². The lowest BCUT2D eigenvalue weighted by molar-refractivity contribution is -0.146. The molecule has 0 radical (unpaired) electrons. The van der Waals surface area contributed by atoms with Crippen molar-refractivity contribution in [3.63, 3.8) is 0 Å². The summed E-state index contributed by atoms with van der Waals surface area (Å²) in [5, 5.41) is 22.8. The van der Waals surface area contributed by atoms with Crippen LogP contribution in [0.5, 0.6) is 0 Å². The van der Waals surface area contributed by atoms with Gasteiger partial charge in [0.2, 0.25) is 0 Å². The summed E-state index contributed by atoms with van der Waals surface area (Å²) in [6, 6.07) is 6.97. The Labute approximate surface area is 125 Å². The number of carboxylic acid groups (broad SMARTS) is 1. The Hall–Kier alpha value is -1.60. The average Bonchev–Trinajstić information content (AvgIpc) is 2.38. The fourth-order valence-electron chi connectivity index (χ4n) is 1.55. The van der Waals surface area contributed by atoms with Crippen molar-refractivity contribution in [3.8, 4) is 0 Å². The second-order valence-electron chi connectivity index (χ2n) is 4.32. The Morgan fingerprint density at radius 2 is 2.10 bits per heavy atom. The minimum atomic E-state index is -1.46. The molecule has 0 saturated carbocycles. The van der Waals surface area contributed by atoms with Gasteiger partial charge in [-0.1, -0.05) is 28.1 Å². The van der Waals surface area contributed by atoms with E-state index in [2.05, 4.69) is 26.6 Å². The van der Waals surface area contributed by atoms with Crippen molar-refractivity contribution in [1.82, 2.24) is 10.6 Å². The van der Waals surface area contributed by atoms with Crippen LogP contribution in [0.2, 0.25) is 0 Å². The Bertz CT molecular complexity index is 481. The second kappa shape index (κ2) is 7.86. The van der Waals surface area contributed by atoms with Gasteiger partial charge in [-0.3, -0.25) is 0 Å². The van der Waals surface area contributed by atoms with Crippen LogP contribution >= 0.6 is 15.9 Å². The lowest BCUT2D eigenvalue weighted by atomic mass is 10.1. The number of nitrogens with one attached hydrogen (secondary N) is 2. The summed E-state index contributed by atoms with van der Waals surface area (Å²) in [6.45, 7) is 1.93. The van der Waals surface area contributed by atoms with Crippen LogP contribution in [0.15, 0.2) is 28.7 Å². The van der Waals surface area contributed by atoms with Crippen LogP contribution < -0.4 is 10.6 Å². The lowest BCUT2D eigenvalue weighted by Gasteiger charge is -2.15. The second-order valence-corrected chi connectivity index (χ2v) is 5.24. The summed E-state index contributed by atoms with van der Waals surface area (Å²) in [6.07, 6.45) is -1.49. The van der Waals surface area contributed by atoms with E-state index in [1.165, 1.54) is 0 Å². The fourth-order valence-corrected chi connectivity index (χ4v) is 1.97. The molecule has 0 bridgehead atoms. The molecule has 2 atom stereocenters. The summed E-state index contributed by atoms with van der Waals surface area (Å²) in [5.41, 5.74) is 0.945. The molecule has 20 heavy (non-hydrogen) atoms. The van der Waals surface area contributed by atoms with Gasteiger partial charge in [0.15, 0.2) is 6.10 Å². The van der Waals surface area contributed by atoms with Crippen molar-refractivity contribution in [1.29, 1.82) is 0 Å². The monoisotopic (exact) mass is 344 g/mol. The van der Waals surface area contributed by atoms with Crippen molar-refractivity contribution in [3.05, 3.63) is 34.3 Å². The number of rotatable bonds is 6. The summed E-state index contributed by atoms with van der Waals surface area (Å²) < 4.78 is 0.925. The maximum Gasteiger partial charge on any atom is 0.332 e. The standard InChI is InChI=1S/C13H17BrN2O4/c1-8(9-3-2-4-10(14)7-9)16-13(20)15-6-5-11(17)12(18)19/h2-4,7-8,11,17H,5-6H2,1H3,(H,18,19)(H2,15,16,20). The third kappa shape index (κ3) is 5.58. The number of aliphatic hydroxyl groups excluding tert-OH is 1. The summed E-state index contributed by atoms with van der Waals surface area (Å²) in [4.78, 5) is 22.0. The highest BCUT2D eigenvalue weighted by Crippen LogP contribution is 2.17. The fraction of sp³-hybridized carbons (Fsp3) is 0.385. The summed E-state index contributed by atoms with van der Waals surface area (Å²) >= 11 is 3.36. The Morgan fingerprint density at radius 3 is 2.70 bits per heavy atom. The topological polar surface area (TPSA) is 98.7 Å². The van der Waals surface area contributed by atoms with Crippen molar-refractivity contribution in [2.75, 3.05) is 6.54 Å². The molecular weight excluding hydrogens is 328 g/mol. The molecule has 1 rings (SSSR count). The maximum absolute atomic E-state index is 11.6. The molecule has 110 valence electrons. The number of carboxylic acids is 1. The van der Waals surface area contributed by atoms with Crippen LogP contribution in [0.4, 0.5) is 4.79 Å². The van der Waals surface area contributed by atoms with E-state index in [-0.39, 0.29) is 19.0 Å². The zero-order valence-corrected chi connectivity index (χ0v) is 12.6. The molecule has 1 aromatic carbocycles. The van der Waals surface area contributed by atoms with E-state index in [0.29, 0.717) is 0 Å². The SMILES string of the molecule is CC(NC(=O)NCCC(O)C(=O)O)c1cccc(Br)c1. The molecule has 0 aliphatic rings. The molecule has 0 aliphatic heterocycles. The quantitative estimate of drug-likeness (QED) is 0.630. The van der Waals surface area contributed by atoms with E-state index in [0.717, 1.165) is 10.0 Å². The van der Waals surface area contributed by atoms with Crippen molar-refractivity contribution < 1.29 is 19.8 Å². The first-order valence-electron chi connectivity index (χ1n) is 6.11. The molecule has 0 spiro atoms. The van der Waals surface area contributed by atoms with Gasteiger partial charge in [0.05, 0.1) is 6.04 Å². The number of benzene rings is 1. The molecular formula is C13H17BrN2O4. The van der Waals surface area contributed by atoms with E-state index in [4.69, 9.17) is 10.2 Å². The first-order valence-corrected chi connectivity index (χ1v) is 6.90. The van der Waals surface area contributed by atoms with Gasteiger partial charge < -0.3 is 20.8 Å². The van der Waals surface area contributed by atoms with Gasteiger partial charge in [-0.25, -0.2) is 9.59 Å². The number of aliphatic carboxylic acids is 1. The number of halogens is 1. The highest BCUT2D eigenvalue weighted by molar-refractivity contribution is 9.10. The predicted molar refractivity (Wildman–Crippen MR) is 77.4 cm³/mol. The van der Waals surface area contributed by atoms with Crippen LogP contribution in [-0.4, -0.2) is 34.9 Å². The number of urea groups is 1. The first-order chi connectivity index (χ1) is 9.40. The molecule has 0 fully saturated rings. The van der Waals surface area contributed by atoms with Gasteiger partial charge in [0.1, 0.15) is 0 Å². The van der Waals surface area contributed by atoms with Gasteiger partial charge in [-0.15, -0.1) is 0 Å². The Kier molecular flexibility index (Phi) is 6.47. The minimum absolute atomic E-state index is 0.0337. The third-order valence-corrected chi connectivity index (χ3v) is 3.18. The smallest absolute Gasteiger partial charge is 0.332 e. The molecule has 6 nitrogen and oxygen atoms in total. The minimum Gasteiger partial charge on any atom is -0.479 e. The van der Waals surface area contributed by atoms with Crippen molar-refractivity contribution in [2.24, 2.45) is 0 Å². The van der Waals surface area contributed by atoms with Crippen LogP contribution in [0.3, 0.4) is 0 Å². The van der Waals surface area contributed by atoms with Gasteiger partial charge in [-0.2, -0.15) is 0 Å². The molecule has 4 N–H and O–H groups in total. The third-order valence-electron chi connectivity index (χ3n) is 2.68. The van der Waals surface area contributed by atoms with Crippen molar-refractivity contribution in [2.45, 2.75) is 25.5 Å². The number of hydrogen-bond donors (Lipinski definition) is 4. The van der Waals surface area contributed by atoms with E-state index in [1.54, 1.807) is 0 Å². The molecule has 1 aromatic rings. The molecule has 2 amide bonds. The van der Waals surface area contributed by atoms with E-state index in [9.17, 15) is 9.59 Å². The zero-order chi connectivity index (χ0) is 15.1. The number of amides is 2. The number of carbonyl (C=O) groups excluding carboxylic acids is 1. The average molecular weight is 345 g/mol. The molecule has 0 aromatic heterocycles. The van der Waals surface area contributed by atoms with E-state index >= 15 is 0 Å². The van der Waals surface area contributed by atoms with Crippen LogP contribution in [-0.2, 0) is 4.79 Å². The molecule has 2 unspecified atom stereocenters. The number of hydrogen-bond acceptors (Lipinski definition) is 3. The normalized spacial score (nSPS) is 13.3. The summed E-state index contributed by atoms with van der Waals surface area (Å²) in [7, 11) is 0. The Morgan fingerprint density at radius 1 is 1.40 bits per heavy atom. The van der Waals surface area contributed by atoms with Crippen LogP contribution in [0, 0.1) is 0 Å². The summed E-state index contributed by atoms with van der Waals surface area (Å²) in [5.74, 6) is -1.30. The zero-order valence-electron chi connectivity index (χ0n) is 11.0. The van der Waals surface area contributed by atoms with E-state index < -0.39 is 18.1 Å². The first kappa shape index (κ1) is 16.5.